The van der Waals surface area contributed by atoms with Gasteiger partial charge in [0.15, 0.2) is 0 Å². The van der Waals surface area contributed by atoms with Gasteiger partial charge in [-0.05, 0) is 62.7 Å². The Bertz CT molecular complexity index is 1210. The number of para-hydroxylation sites is 1. The molecule has 1 aliphatic rings. The van der Waals surface area contributed by atoms with Gasteiger partial charge in [0.25, 0.3) is 15.9 Å². The van der Waals surface area contributed by atoms with Gasteiger partial charge in [0, 0.05) is 24.2 Å². The molecule has 34 heavy (non-hydrogen) atoms. The average molecular weight is 478 g/mol. The van der Waals surface area contributed by atoms with Crippen LogP contribution in [0.15, 0.2) is 89.8 Å². The number of carbonyl (C=O) groups is 1. The van der Waals surface area contributed by atoms with Crippen LogP contribution >= 0.6 is 0 Å². The lowest BCUT2D eigenvalue weighted by Gasteiger charge is -2.25. The summed E-state index contributed by atoms with van der Waals surface area (Å²) in [6.07, 6.45) is 2.41. The number of nitrogens with one attached hydrogen (secondary N) is 1. The van der Waals surface area contributed by atoms with Crippen LogP contribution in [0.2, 0.25) is 0 Å². The van der Waals surface area contributed by atoms with Crippen molar-refractivity contribution in [1.29, 1.82) is 0 Å². The third-order valence-electron chi connectivity index (χ3n) is 6.27. The molecule has 0 bridgehead atoms. The molecule has 3 aromatic carbocycles. The fraction of sp³-hybridized carbons (Fsp3) is 0.296. The molecule has 3 aromatic rings. The van der Waals surface area contributed by atoms with Crippen LogP contribution in [0.3, 0.4) is 0 Å². The lowest BCUT2D eigenvalue weighted by atomic mass is 10.2. The molecule has 7 heteroatoms. The number of hydrogen-bond donors (Lipinski definition) is 1. The minimum Gasteiger partial charge on any atom is -0.350 e. The normalized spacial score (nSPS) is 14.6. The van der Waals surface area contributed by atoms with Crippen LogP contribution in [0, 0.1) is 0 Å². The number of likely N-dealkylation sites (N-methyl/N-ethyl adjacent to an activating group) is 1. The van der Waals surface area contributed by atoms with Crippen LogP contribution in [-0.2, 0) is 16.6 Å². The second-order valence-electron chi connectivity index (χ2n) is 8.82. The summed E-state index contributed by atoms with van der Waals surface area (Å²) in [5, 5.41) is 2.95. The van der Waals surface area contributed by atoms with Gasteiger partial charge in [0.2, 0.25) is 0 Å². The predicted molar refractivity (Wildman–Crippen MR) is 135 cm³/mol. The van der Waals surface area contributed by atoms with Gasteiger partial charge in [0.1, 0.15) is 0 Å². The molecule has 0 heterocycles. The highest BCUT2D eigenvalue weighted by atomic mass is 32.2. The van der Waals surface area contributed by atoms with Crippen molar-refractivity contribution in [1.82, 2.24) is 10.2 Å². The SMILES string of the molecule is CC(CNC(=O)c1cccc(S(=O)(=O)N(Cc2ccccc2)c2ccccc2)c1)N(C)C1CC1. The Hall–Kier alpha value is -3.16. The van der Waals surface area contributed by atoms with Crippen molar-refractivity contribution >= 4 is 21.6 Å². The van der Waals surface area contributed by atoms with Crippen molar-refractivity contribution in [3.8, 4) is 0 Å². The van der Waals surface area contributed by atoms with Crippen molar-refractivity contribution in [3.63, 3.8) is 0 Å². The van der Waals surface area contributed by atoms with E-state index in [0.717, 1.165) is 5.56 Å². The summed E-state index contributed by atoms with van der Waals surface area (Å²) in [7, 11) is -1.83. The number of anilines is 1. The van der Waals surface area contributed by atoms with Crippen LogP contribution in [0.1, 0.15) is 35.7 Å². The molecule has 0 radical (unpaired) electrons. The predicted octanol–water partition coefficient (Wildman–Crippen LogP) is 4.29. The van der Waals surface area contributed by atoms with E-state index in [1.807, 2.05) is 48.5 Å². The van der Waals surface area contributed by atoms with Crippen molar-refractivity contribution in [2.24, 2.45) is 0 Å². The number of sulfonamides is 1. The van der Waals surface area contributed by atoms with Crippen LogP contribution in [0.5, 0.6) is 0 Å². The molecule has 4 rings (SSSR count). The van der Waals surface area contributed by atoms with Gasteiger partial charge in [-0.2, -0.15) is 0 Å². The zero-order chi connectivity index (χ0) is 24.1. The summed E-state index contributed by atoms with van der Waals surface area (Å²) < 4.78 is 28.9. The van der Waals surface area contributed by atoms with E-state index in [4.69, 9.17) is 0 Å². The van der Waals surface area contributed by atoms with E-state index in [1.165, 1.54) is 29.3 Å². The number of benzene rings is 3. The molecule has 1 unspecified atom stereocenters. The van der Waals surface area contributed by atoms with E-state index < -0.39 is 10.0 Å². The van der Waals surface area contributed by atoms with Crippen LogP contribution in [0.25, 0.3) is 0 Å². The zero-order valence-corrected chi connectivity index (χ0v) is 20.4. The molecule has 0 spiro atoms. The van der Waals surface area contributed by atoms with E-state index in [1.54, 1.807) is 24.3 Å². The first kappa shape index (κ1) is 24.0. The highest BCUT2D eigenvalue weighted by Crippen LogP contribution is 2.27. The maximum atomic E-state index is 13.7. The molecule has 1 amide bonds. The monoisotopic (exact) mass is 477 g/mol. The van der Waals surface area contributed by atoms with Crippen molar-refractivity contribution < 1.29 is 13.2 Å². The summed E-state index contributed by atoms with van der Waals surface area (Å²) in [5.74, 6) is -0.276. The Labute approximate surface area is 202 Å². The van der Waals surface area contributed by atoms with Gasteiger partial charge in [-0.1, -0.05) is 54.6 Å². The molecule has 6 nitrogen and oxygen atoms in total. The molecule has 1 aliphatic carbocycles. The lowest BCUT2D eigenvalue weighted by Crippen LogP contribution is -2.41. The zero-order valence-electron chi connectivity index (χ0n) is 19.6. The Morgan fingerprint density at radius 3 is 2.26 bits per heavy atom. The number of hydrogen-bond acceptors (Lipinski definition) is 4. The quantitative estimate of drug-likeness (QED) is 0.473. The van der Waals surface area contributed by atoms with Gasteiger partial charge in [-0.25, -0.2) is 8.42 Å². The molecular weight excluding hydrogens is 446 g/mol. The number of carbonyl (C=O) groups excluding carboxylic acids is 1. The minimum absolute atomic E-state index is 0.0862. The lowest BCUT2D eigenvalue weighted by molar-refractivity contribution is 0.0939. The van der Waals surface area contributed by atoms with E-state index in [2.05, 4.69) is 24.2 Å². The number of amides is 1. The largest absolute Gasteiger partial charge is 0.350 e. The number of rotatable bonds is 10. The van der Waals surface area contributed by atoms with Crippen LogP contribution in [0.4, 0.5) is 5.69 Å². The van der Waals surface area contributed by atoms with E-state index >= 15 is 0 Å². The average Bonchev–Trinajstić information content (AvgIpc) is 3.72. The molecule has 1 fully saturated rings. The fourth-order valence-corrected chi connectivity index (χ4v) is 5.41. The van der Waals surface area contributed by atoms with Gasteiger partial charge in [0.05, 0.1) is 17.1 Å². The van der Waals surface area contributed by atoms with E-state index in [0.29, 0.717) is 23.8 Å². The summed E-state index contributed by atoms with van der Waals surface area (Å²) in [5.41, 5.74) is 1.77. The first-order valence-electron chi connectivity index (χ1n) is 11.6. The standard InChI is InChI=1S/C27H31N3O3S/c1-21(29(2)24-16-17-24)19-28-27(31)23-12-9-15-26(18-23)34(32,33)30(25-13-7-4-8-14-25)20-22-10-5-3-6-11-22/h3-15,18,21,24H,16-17,19-20H2,1-2H3,(H,28,31). The highest BCUT2D eigenvalue weighted by molar-refractivity contribution is 7.92. The van der Waals surface area contributed by atoms with Crippen molar-refractivity contribution in [2.75, 3.05) is 17.9 Å². The Morgan fingerprint density at radius 1 is 0.971 bits per heavy atom. The maximum Gasteiger partial charge on any atom is 0.264 e. The van der Waals surface area contributed by atoms with Gasteiger partial charge < -0.3 is 5.32 Å². The molecule has 1 N–H and O–H groups in total. The topological polar surface area (TPSA) is 69.7 Å². The minimum atomic E-state index is -3.91. The fourth-order valence-electron chi connectivity index (χ4n) is 3.91. The van der Waals surface area contributed by atoms with Crippen LogP contribution in [-0.4, -0.2) is 44.9 Å². The Kier molecular flexibility index (Phi) is 7.34. The van der Waals surface area contributed by atoms with Crippen molar-refractivity contribution in [3.05, 3.63) is 96.1 Å². The Morgan fingerprint density at radius 2 is 1.62 bits per heavy atom. The first-order chi connectivity index (χ1) is 16.4. The third kappa shape index (κ3) is 5.66. The molecular formula is C27H31N3O3S. The third-order valence-corrected chi connectivity index (χ3v) is 8.04. The van der Waals surface area contributed by atoms with Gasteiger partial charge >= 0.3 is 0 Å². The second-order valence-corrected chi connectivity index (χ2v) is 10.7. The summed E-state index contributed by atoms with van der Waals surface area (Å²) >= 11 is 0. The highest BCUT2D eigenvalue weighted by Gasteiger charge is 2.29. The molecule has 0 aromatic heterocycles. The maximum absolute atomic E-state index is 13.7. The molecule has 1 saturated carbocycles. The Balaban J connectivity index is 1.56. The van der Waals surface area contributed by atoms with Gasteiger partial charge in [-0.15, -0.1) is 0 Å². The van der Waals surface area contributed by atoms with E-state index in [-0.39, 0.29) is 23.4 Å². The second kappa shape index (κ2) is 10.4. The van der Waals surface area contributed by atoms with Crippen molar-refractivity contribution in [2.45, 2.75) is 43.3 Å². The first-order valence-corrected chi connectivity index (χ1v) is 13.0. The number of nitrogens with zero attached hydrogens (tertiary/aromatic N) is 2. The summed E-state index contributed by atoms with van der Waals surface area (Å²) in [6, 6.07) is 25.6. The molecule has 0 saturated heterocycles. The van der Waals surface area contributed by atoms with Crippen LogP contribution < -0.4 is 9.62 Å². The van der Waals surface area contributed by atoms with Gasteiger partial charge in [-0.3, -0.25) is 14.0 Å². The molecule has 1 atom stereocenters. The summed E-state index contributed by atoms with van der Waals surface area (Å²) in [6.45, 7) is 2.78. The summed E-state index contributed by atoms with van der Waals surface area (Å²) in [4.78, 5) is 15.2. The smallest absolute Gasteiger partial charge is 0.264 e. The molecule has 0 aliphatic heterocycles. The van der Waals surface area contributed by atoms with E-state index in [9.17, 15) is 13.2 Å². The molecule has 178 valence electrons.